The Hall–Kier alpha value is -1.42. The molecule has 0 atom stereocenters. The number of non-ortho nitro benzene ring substituents is 1. The molecule has 0 saturated carbocycles. The molecular weight excluding hydrogens is 298 g/mol. The maximum atomic E-state index is 11.8. The van der Waals surface area contributed by atoms with E-state index in [1.807, 2.05) is 0 Å². The quantitative estimate of drug-likeness (QED) is 0.573. The van der Waals surface area contributed by atoms with Gasteiger partial charge in [-0.2, -0.15) is 0 Å². The van der Waals surface area contributed by atoms with E-state index in [2.05, 4.69) is 4.72 Å². The number of nitro groups is 1. The molecule has 0 aromatic heterocycles. The molecule has 0 aliphatic rings. The predicted octanol–water partition coefficient (Wildman–Crippen LogP) is 0.262. The number of nitrogens with one attached hydrogen (secondary N) is 1. The summed E-state index contributed by atoms with van der Waals surface area (Å²) >= 11 is 0. The second-order valence-corrected chi connectivity index (χ2v) is 5.01. The van der Waals surface area contributed by atoms with Crippen LogP contribution in [0, 0.1) is 10.1 Å². The van der Waals surface area contributed by atoms with Crippen molar-refractivity contribution in [2.75, 3.05) is 20.2 Å². The number of hydrogen-bond donors (Lipinski definition) is 2. The molecular formula is C9H14ClN3O5S. The first-order chi connectivity index (χ1) is 8.42. The van der Waals surface area contributed by atoms with Crippen molar-refractivity contribution in [3.63, 3.8) is 0 Å². The highest BCUT2D eigenvalue weighted by molar-refractivity contribution is 7.89. The maximum Gasteiger partial charge on any atom is 0.273 e. The lowest BCUT2D eigenvalue weighted by Crippen LogP contribution is -2.29. The molecule has 1 aromatic rings. The number of methoxy groups -OCH3 is 1. The van der Waals surface area contributed by atoms with Gasteiger partial charge in [0.2, 0.25) is 10.0 Å². The zero-order chi connectivity index (χ0) is 13.8. The van der Waals surface area contributed by atoms with E-state index in [-0.39, 0.29) is 41.8 Å². The summed E-state index contributed by atoms with van der Waals surface area (Å²) in [6, 6.07) is 3.27. The highest BCUT2D eigenvalue weighted by atomic mass is 35.5. The van der Waals surface area contributed by atoms with Gasteiger partial charge in [0.15, 0.2) is 0 Å². The van der Waals surface area contributed by atoms with Crippen molar-refractivity contribution in [3.8, 4) is 5.75 Å². The fourth-order valence-electron chi connectivity index (χ4n) is 1.26. The van der Waals surface area contributed by atoms with Gasteiger partial charge in [-0.3, -0.25) is 10.1 Å². The van der Waals surface area contributed by atoms with Crippen LogP contribution in [-0.2, 0) is 10.0 Å². The van der Waals surface area contributed by atoms with E-state index in [9.17, 15) is 18.5 Å². The highest BCUT2D eigenvalue weighted by Crippen LogP contribution is 2.27. The molecule has 0 unspecified atom stereocenters. The van der Waals surface area contributed by atoms with E-state index in [1.165, 1.54) is 7.11 Å². The summed E-state index contributed by atoms with van der Waals surface area (Å²) in [4.78, 5) is 9.77. The Labute approximate surface area is 116 Å². The summed E-state index contributed by atoms with van der Waals surface area (Å²) in [6.45, 7) is 0.219. The Kier molecular flexibility index (Phi) is 6.70. The fraction of sp³-hybridized carbons (Fsp3) is 0.333. The number of ether oxygens (including phenoxy) is 1. The fourth-order valence-corrected chi connectivity index (χ4v) is 2.46. The van der Waals surface area contributed by atoms with Crippen LogP contribution in [0.25, 0.3) is 0 Å². The van der Waals surface area contributed by atoms with Crippen LogP contribution < -0.4 is 15.2 Å². The van der Waals surface area contributed by atoms with Gasteiger partial charge < -0.3 is 10.5 Å². The SMILES string of the molecule is COc1cc([N+](=O)[O-])ccc1S(=O)(=O)NCCN.Cl. The molecule has 0 aliphatic heterocycles. The first-order valence-electron chi connectivity index (χ1n) is 4.94. The molecule has 1 aromatic carbocycles. The molecule has 10 heteroatoms. The van der Waals surface area contributed by atoms with E-state index >= 15 is 0 Å². The lowest BCUT2D eigenvalue weighted by Gasteiger charge is -2.09. The van der Waals surface area contributed by atoms with E-state index in [1.54, 1.807) is 0 Å². The number of rotatable bonds is 6. The Bertz CT molecular complexity index is 549. The van der Waals surface area contributed by atoms with E-state index in [0.29, 0.717) is 0 Å². The number of hydrogen-bond acceptors (Lipinski definition) is 6. The van der Waals surface area contributed by atoms with Crippen LogP contribution in [0.3, 0.4) is 0 Å². The van der Waals surface area contributed by atoms with E-state index < -0.39 is 14.9 Å². The van der Waals surface area contributed by atoms with Crippen LogP contribution in [0.1, 0.15) is 0 Å². The maximum absolute atomic E-state index is 11.8. The van der Waals surface area contributed by atoms with Gasteiger partial charge in [-0.05, 0) is 6.07 Å². The van der Waals surface area contributed by atoms with Crippen LogP contribution in [0.4, 0.5) is 5.69 Å². The van der Waals surface area contributed by atoms with Gasteiger partial charge in [0.05, 0.1) is 18.1 Å². The third-order valence-corrected chi connectivity index (χ3v) is 3.58. The summed E-state index contributed by atoms with van der Waals surface area (Å²) in [6.07, 6.45) is 0. The average Bonchev–Trinajstić information content (AvgIpc) is 2.35. The number of nitrogens with two attached hydrogens (primary N) is 1. The van der Waals surface area contributed by atoms with Crippen molar-refractivity contribution >= 4 is 28.1 Å². The lowest BCUT2D eigenvalue weighted by molar-refractivity contribution is -0.385. The van der Waals surface area contributed by atoms with E-state index in [0.717, 1.165) is 18.2 Å². The summed E-state index contributed by atoms with van der Waals surface area (Å²) in [5, 5.41) is 10.6. The van der Waals surface area contributed by atoms with Gasteiger partial charge in [0.25, 0.3) is 5.69 Å². The number of sulfonamides is 1. The molecule has 0 bridgehead atoms. The summed E-state index contributed by atoms with van der Waals surface area (Å²) in [7, 11) is -2.55. The van der Waals surface area contributed by atoms with Crippen LogP contribution in [0.5, 0.6) is 5.75 Å². The molecule has 19 heavy (non-hydrogen) atoms. The zero-order valence-electron chi connectivity index (χ0n) is 10.0. The van der Waals surface area contributed by atoms with Crippen LogP contribution >= 0.6 is 12.4 Å². The first-order valence-corrected chi connectivity index (χ1v) is 6.43. The minimum Gasteiger partial charge on any atom is -0.495 e. The molecule has 3 N–H and O–H groups in total. The molecule has 0 spiro atoms. The lowest BCUT2D eigenvalue weighted by atomic mass is 10.3. The number of nitro benzene ring substituents is 1. The summed E-state index contributed by atoms with van der Waals surface area (Å²) in [5.41, 5.74) is 4.95. The number of benzene rings is 1. The molecule has 0 amide bonds. The number of nitrogens with zero attached hydrogens (tertiary/aromatic N) is 1. The third-order valence-electron chi connectivity index (χ3n) is 2.08. The van der Waals surface area contributed by atoms with Gasteiger partial charge in [0, 0.05) is 19.2 Å². The van der Waals surface area contributed by atoms with Crippen molar-refractivity contribution in [1.82, 2.24) is 4.72 Å². The Morgan fingerprint density at radius 3 is 2.58 bits per heavy atom. The molecule has 0 radical (unpaired) electrons. The monoisotopic (exact) mass is 311 g/mol. The largest absolute Gasteiger partial charge is 0.495 e. The van der Waals surface area contributed by atoms with Crippen LogP contribution in [-0.4, -0.2) is 33.5 Å². The summed E-state index contributed by atoms with van der Waals surface area (Å²) in [5.74, 6) is -0.0891. The molecule has 0 fully saturated rings. The Balaban J connectivity index is 0.00000324. The van der Waals surface area contributed by atoms with Gasteiger partial charge in [-0.15, -0.1) is 12.4 Å². The predicted molar refractivity (Wildman–Crippen MR) is 71.1 cm³/mol. The van der Waals surface area contributed by atoms with Crippen molar-refractivity contribution in [2.45, 2.75) is 4.90 Å². The number of halogens is 1. The minimum atomic E-state index is -3.79. The Morgan fingerprint density at radius 2 is 2.11 bits per heavy atom. The van der Waals surface area contributed by atoms with Crippen molar-refractivity contribution in [1.29, 1.82) is 0 Å². The Morgan fingerprint density at radius 1 is 1.47 bits per heavy atom. The molecule has 0 saturated heterocycles. The molecule has 108 valence electrons. The first kappa shape index (κ1) is 17.6. The second-order valence-electron chi connectivity index (χ2n) is 3.28. The molecule has 0 heterocycles. The van der Waals surface area contributed by atoms with Gasteiger partial charge >= 0.3 is 0 Å². The van der Waals surface area contributed by atoms with Gasteiger partial charge in [-0.25, -0.2) is 13.1 Å². The zero-order valence-corrected chi connectivity index (χ0v) is 11.7. The highest BCUT2D eigenvalue weighted by Gasteiger charge is 2.21. The van der Waals surface area contributed by atoms with Crippen molar-refractivity contribution in [2.24, 2.45) is 5.73 Å². The van der Waals surface area contributed by atoms with Crippen LogP contribution in [0.15, 0.2) is 23.1 Å². The standard InChI is InChI=1S/C9H13N3O5S.ClH/c1-17-8-6-7(12(13)14)2-3-9(8)18(15,16)11-5-4-10;/h2-3,6,11H,4-5,10H2,1H3;1H. The topological polar surface area (TPSA) is 125 Å². The molecule has 1 rings (SSSR count). The third kappa shape index (κ3) is 4.31. The average molecular weight is 312 g/mol. The van der Waals surface area contributed by atoms with Gasteiger partial charge in [0.1, 0.15) is 10.6 Å². The second kappa shape index (κ2) is 7.24. The van der Waals surface area contributed by atoms with Crippen LogP contribution in [0.2, 0.25) is 0 Å². The van der Waals surface area contributed by atoms with Gasteiger partial charge in [-0.1, -0.05) is 0 Å². The van der Waals surface area contributed by atoms with Crippen molar-refractivity contribution < 1.29 is 18.1 Å². The normalized spacial score (nSPS) is 10.6. The summed E-state index contributed by atoms with van der Waals surface area (Å²) < 4.78 is 30.8. The minimum absolute atomic E-state index is 0. The molecule has 0 aliphatic carbocycles. The smallest absolute Gasteiger partial charge is 0.273 e. The van der Waals surface area contributed by atoms with Crippen molar-refractivity contribution in [3.05, 3.63) is 28.3 Å². The molecule has 8 nitrogen and oxygen atoms in total. The van der Waals surface area contributed by atoms with E-state index in [4.69, 9.17) is 10.5 Å².